The molecule has 80 valence electrons. The van der Waals surface area contributed by atoms with Crippen LogP contribution in [-0.2, 0) is 0 Å². The molecular weight excluding hydrogens is 270 g/mol. The van der Waals surface area contributed by atoms with Crippen LogP contribution >= 0.6 is 15.9 Å². The largest absolute Gasteiger partial charge is 0.493 e. The molecule has 0 radical (unpaired) electrons. The first-order valence-corrected chi connectivity index (χ1v) is 5.37. The highest BCUT2D eigenvalue weighted by atomic mass is 79.9. The Morgan fingerprint density at radius 3 is 2.69 bits per heavy atom. The molecule has 0 bridgehead atoms. The molecule has 0 unspecified atom stereocenters. The zero-order valence-electron chi connectivity index (χ0n) is 8.48. The van der Waals surface area contributed by atoms with E-state index in [0.717, 1.165) is 5.69 Å². The Bertz CT molecular complexity index is 583. The highest BCUT2D eigenvalue weighted by Crippen LogP contribution is 2.23. The normalized spacial score (nSPS) is 10.1. The fourth-order valence-electron chi connectivity index (χ4n) is 1.40. The second kappa shape index (κ2) is 3.99. The third-order valence-corrected chi connectivity index (χ3v) is 2.79. The van der Waals surface area contributed by atoms with Crippen LogP contribution in [0.15, 0.2) is 28.7 Å². The molecule has 1 aromatic carbocycles. The van der Waals surface area contributed by atoms with Crippen LogP contribution in [0.3, 0.4) is 0 Å². The van der Waals surface area contributed by atoms with Crippen LogP contribution in [0.5, 0.6) is 5.88 Å². The minimum Gasteiger partial charge on any atom is -0.493 e. The summed E-state index contributed by atoms with van der Waals surface area (Å²) in [5, 5.41) is 22.5. The molecule has 0 aliphatic rings. The van der Waals surface area contributed by atoms with E-state index in [4.69, 9.17) is 5.26 Å². The summed E-state index contributed by atoms with van der Waals surface area (Å²) in [6.07, 6.45) is 0. The van der Waals surface area contributed by atoms with Crippen molar-refractivity contribution in [2.75, 3.05) is 0 Å². The number of benzene rings is 1. The SMILES string of the molecule is Cc1cc(O)n(-c2ccc(C#N)c(Br)c2)n1. The average Bonchev–Trinajstić information content (AvgIpc) is 2.58. The summed E-state index contributed by atoms with van der Waals surface area (Å²) in [6.45, 7) is 1.80. The first kappa shape index (κ1) is 10.7. The average molecular weight is 278 g/mol. The Labute approximate surface area is 101 Å². The Morgan fingerprint density at radius 2 is 2.19 bits per heavy atom. The van der Waals surface area contributed by atoms with Crippen LogP contribution in [0.4, 0.5) is 0 Å². The van der Waals surface area contributed by atoms with E-state index in [0.29, 0.717) is 15.7 Å². The maximum atomic E-state index is 9.62. The molecule has 0 atom stereocenters. The van der Waals surface area contributed by atoms with Crippen LogP contribution in [0, 0.1) is 18.3 Å². The van der Waals surface area contributed by atoms with E-state index in [9.17, 15) is 5.11 Å². The highest BCUT2D eigenvalue weighted by molar-refractivity contribution is 9.10. The van der Waals surface area contributed by atoms with E-state index in [2.05, 4.69) is 27.1 Å². The molecule has 1 aromatic heterocycles. The summed E-state index contributed by atoms with van der Waals surface area (Å²) in [4.78, 5) is 0. The van der Waals surface area contributed by atoms with Crippen LogP contribution in [0.25, 0.3) is 5.69 Å². The van der Waals surface area contributed by atoms with E-state index >= 15 is 0 Å². The quantitative estimate of drug-likeness (QED) is 0.871. The third kappa shape index (κ3) is 1.79. The van der Waals surface area contributed by atoms with Crippen molar-refractivity contribution < 1.29 is 5.11 Å². The number of hydrogen-bond acceptors (Lipinski definition) is 3. The molecule has 0 spiro atoms. The molecule has 5 heteroatoms. The van der Waals surface area contributed by atoms with Gasteiger partial charge in [-0.15, -0.1) is 0 Å². The minimum atomic E-state index is 0.0779. The van der Waals surface area contributed by atoms with E-state index < -0.39 is 0 Å². The van der Waals surface area contributed by atoms with Gasteiger partial charge in [0, 0.05) is 10.5 Å². The molecule has 0 aliphatic carbocycles. The van der Waals surface area contributed by atoms with Gasteiger partial charge in [-0.05, 0) is 41.1 Å². The second-order valence-electron chi connectivity index (χ2n) is 3.33. The van der Waals surface area contributed by atoms with Gasteiger partial charge in [0.1, 0.15) is 6.07 Å². The van der Waals surface area contributed by atoms with Gasteiger partial charge in [0.05, 0.1) is 16.9 Å². The van der Waals surface area contributed by atoms with Crippen molar-refractivity contribution in [3.05, 3.63) is 40.0 Å². The first-order valence-electron chi connectivity index (χ1n) is 4.57. The standard InChI is InChI=1S/C11H8BrN3O/c1-7-4-11(16)15(14-7)9-3-2-8(6-13)10(12)5-9/h2-5,16H,1H3. The molecule has 0 saturated carbocycles. The number of aromatic nitrogens is 2. The van der Waals surface area contributed by atoms with E-state index in [-0.39, 0.29) is 5.88 Å². The highest BCUT2D eigenvalue weighted by Gasteiger charge is 2.07. The van der Waals surface area contributed by atoms with Crippen molar-refractivity contribution in [2.24, 2.45) is 0 Å². The van der Waals surface area contributed by atoms with Gasteiger partial charge in [-0.25, -0.2) is 4.68 Å². The lowest BCUT2D eigenvalue weighted by Gasteiger charge is -2.04. The Morgan fingerprint density at radius 1 is 1.44 bits per heavy atom. The van der Waals surface area contributed by atoms with E-state index in [1.165, 1.54) is 4.68 Å². The second-order valence-corrected chi connectivity index (χ2v) is 4.19. The Balaban J connectivity index is 2.54. The molecule has 16 heavy (non-hydrogen) atoms. The lowest BCUT2D eigenvalue weighted by Crippen LogP contribution is -1.96. The van der Waals surface area contributed by atoms with Crippen molar-refractivity contribution in [2.45, 2.75) is 6.92 Å². The molecule has 0 saturated heterocycles. The van der Waals surface area contributed by atoms with Crippen molar-refractivity contribution in [3.8, 4) is 17.6 Å². The molecule has 0 aliphatic heterocycles. The van der Waals surface area contributed by atoms with Gasteiger partial charge in [0.15, 0.2) is 0 Å². The van der Waals surface area contributed by atoms with Crippen LogP contribution in [0.1, 0.15) is 11.3 Å². The molecule has 4 nitrogen and oxygen atoms in total. The topological polar surface area (TPSA) is 61.8 Å². The summed E-state index contributed by atoms with van der Waals surface area (Å²) in [5.41, 5.74) is 1.99. The maximum Gasteiger partial charge on any atom is 0.214 e. The fourth-order valence-corrected chi connectivity index (χ4v) is 1.86. The van der Waals surface area contributed by atoms with Gasteiger partial charge in [-0.3, -0.25) is 0 Å². The number of nitriles is 1. The Hall–Kier alpha value is -1.80. The zero-order chi connectivity index (χ0) is 11.7. The number of hydrogen-bond donors (Lipinski definition) is 1. The minimum absolute atomic E-state index is 0.0779. The predicted molar refractivity (Wildman–Crippen MR) is 62.4 cm³/mol. The predicted octanol–water partition coefficient (Wildman–Crippen LogP) is 2.52. The van der Waals surface area contributed by atoms with Crippen molar-refractivity contribution >= 4 is 15.9 Å². The molecule has 2 aromatic rings. The Kier molecular flexibility index (Phi) is 2.67. The number of halogens is 1. The van der Waals surface area contributed by atoms with Gasteiger partial charge >= 0.3 is 0 Å². The smallest absolute Gasteiger partial charge is 0.214 e. The molecule has 0 amide bonds. The number of aryl methyl sites for hydroxylation is 1. The summed E-state index contributed by atoms with van der Waals surface area (Å²) in [6, 6.07) is 8.78. The molecule has 1 N–H and O–H groups in total. The summed E-state index contributed by atoms with van der Waals surface area (Å²) >= 11 is 3.29. The summed E-state index contributed by atoms with van der Waals surface area (Å²) in [5.74, 6) is 0.0779. The zero-order valence-corrected chi connectivity index (χ0v) is 10.1. The fraction of sp³-hybridized carbons (Fsp3) is 0.0909. The summed E-state index contributed by atoms with van der Waals surface area (Å²) in [7, 11) is 0. The van der Waals surface area contributed by atoms with Gasteiger partial charge in [-0.2, -0.15) is 10.4 Å². The van der Waals surface area contributed by atoms with Gasteiger partial charge in [-0.1, -0.05) is 0 Å². The lowest BCUT2D eigenvalue weighted by molar-refractivity contribution is 0.433. The van der Waals surface area contributed by atoms with E-state index in [1.54, 1.807) is 31.2 Å². The van der Waals surface area contributed by atoms with E-state index in [1.807, 2.05) is 0 Å². The van der Waals surface area contributed by atoms with Gasteiger partial charge < -0.3 is 5.11 Å². The number of rotatable bonds is 1. The number of aromatic hydroxyl groups is 1. The monoisotopic (exact) mass is 277 g/mol. The summed E-state index contributed by atoms with van der Waals surface area (Å²) < 4.78 is 2.10. The first-order chi connectivity index (χ1) is 7.61. The molecule has 1 heterocycles. The van der Waals surface area contributed by atoms with Crippen molar-refractivity contribution in [3.63, 3.8) is 0 Å². The van der Waals surface area contributed by atoms with Crippen LogP contribution in [0.2, 0.25) is 0 Å². The third-order valence-electron chi connectivity index (χ3n) is 2.13. The molecule has 0 fully saturated rings. The lowest BCUT2D eigenvalue weighted by atomic mass is 10.2. The van der Waals surface area contributed by atoms with Crippen LogP contribution in [-0.4, -0.2) is 14.9 Å². The maximum absolute atomic E-state index is 9.62. The van der Waals surface area contributed by atoms with Gasteiger partial charge in [0.2, 0.25) is 5.88 Å². The van der Waals surface area contributed by atoms with Crippen molar-refractivity contribution in [1.29, 1.82) is 5.26 Å². The molecule has 2 rings (SSSR count). The van der Waals surface area contributed by atoms with Gasteiger partial charge in [0.25, 0.3) is 0 Å². The number of nitrogens with zero attached hydrogens (tertiary/aromatic N) is 3. The van der Waals surface area contributed by atoms with Crippen molar-refractivity contribution in [1.82, 2.24) is 9.78 Å². The molecular formula is C11H8BrN3O. The van der Waals surface area contributed by atoms with Crippen LogP contribution < -0.4 is 0 Å².